The maximum atomic E-state index is 13.4. The van der Waals surface area contributed by atoms with Crippen LogP contribution in [0.4, 0.5) is 0 Å². The van der Waals surface area contributed by atoms with E-state index in [9.17, 15) is 9.13 Å². The molecule has 52 heavy (non-hydrogen) atoms. The highest BCUT2D eigenvalue weighted by Crippen LogP contribution is 2.74. The van der Waals surface area contributed by atoms with Crippen LogP contribution in [0, 0.1) is 0 Å². The van der Waals surface area contributed by atoms with Crippen molar-refractivity contribution < 1.29 is 37.6 Å². The maximum absolute atomic E-state index is 13.4. The average molecular weight is 743 g/mol. The quantitative estimate of drug-likeness (QED) is 0.231. The minimum Gasteiger partial charge on any atom is -0.341 e. The molecule has 12 unspecified atom stereocenters. The summed E-state index contributed by atoms with van der Waals surface area (Å²) in [5.74, 6) is -4.19. The molecule has 3 aromatic carbocycles. The molecule has 0 amide bonds. The monoisotopic (exact) mass is 742 g/mol. The lowest BCUT2D eigenvalue weighted by Gasteiger charge is -2.77. The van der Waals surface area contributed by atoms with Crippen molar-refractivity contribution in [3.8, 4) is 22.3 Å². The lowest BCUT2D eigenvalue weighted by molar-refractivity contribution is -0.532. The Balaban J connectivity index is 1.43. The van der Waals surface area contributed by atoms with Gasteiger partial charge in [-0.2, -0.15) is 0 Å². The summed E-state index contributed by atoms with van der Waals surface area (Å²) in [6, 6.07) is 25.5. The third-order valence-electron chi connectivity index (χ3n) is 14.6. The van der Waals surface area contributed by atoms with Crippen LogP contribution >= 0.6 is 16.9 Å². The zero-order valence-corrected chi connectivity index (χ0v) is 33.4. The predicted octanol–water partition coefficient (Wildman–Crippen LogP) is 9.72. The van der Waals surface area contributed by atoms with Crippen LogP contribution in [0.15, 0.2) is 72.8 Å². The molecule has 0 radical (unpaired) electrons. The van der Waals surface area contributed by atoms with Gasteiger partial charge in [0.15, 0.2) is 40.1 Å². The Morgan fingerprint density at radius 2 is 0.846 bits per heavy atom. The molecule has 0 saturated carbocycles. The van der Waals surface area contributed by atoms with Gasteiger partial charge in [0.25, 0.3) is 0 Å². The maximum Gasteiger partial charge on any atom is 0.185 e. The first-order valence-corrected chi connectivity index (χ1v) is 20.1. The second-order valence-corrected chi connectivity index (χ2v) is 19.3. The largest absolute Gasteiger partial charge is 0.341 e. The molecule has 8 fully saturated rings. The van der Waals surface area contributed by atoms with Crippen molar-refractivity contribution in [2.75, 3.05) is 0 Å². The van der Waals surface area contributed by atoms with Crippen LogP contribution in [0.2, 0.25) is 0 Å². The first-order chi connectivity index (χ1) is 24.2. The molecular weight excluding hydrogens is 694 g/mol. The van der Waals surface area contributed by atoms with Crippen molar-refractivity contribution in [3.63, 3.8) is 0 Å². The van der Waals surface area contributed by atoms with Crippen LogP contribution in [-0.4, -0.2) is 56.9 Å². The smallest absolute Gasteiger partial charge is 0.185 e. The van der Waals surface area contributed by atoms with Crippen LogP contribution in [-0.2, 0) is 48.4 Å². The summed E-state index contributed by atoms with van der Waals surface area (Å²) >= 11 is 0. The van der Waals surface area contributed by atoms with Crippen molar-refractivity contribution >= 4 is 16.9 Å². The number of hydrogen-bond donors (Lipinski definition) is 0. The molecule has 8 heterocycles. The van der Waals surface area contributed by atoms with Crippen LogP contribution < -0.4 is 0 Å². The van der Waals surface area contributed by atoms with Gasteiger partial charge in [0.05, 0.1) is 33.2 Å². The average Bonchev–Trinajstić information content (AvgIpc) is 3.04. The van der Waals surface area contributed by atoms with Gasteiger partial charge in [-0.05, 0) is 115 Å². The van der Waals surface area contributed by atoms with Gasteiger partial charge < -0.3 is 28.4 Å². The number of benzene rings is 3. The van der Waals surface area contributed by atoms with Gasteiger partial charge in [-0.3, -0.25) is 9.13 Å². The van der Waals surface area contributed by atoms with Crippen LogP contribution in [0.5, 0.6) is 0 Å². The van der Waals surface area contributed by atoms with Gasteiger partial charge in [0, 0.05) is 12.8 Å². The molecule has 8 aliphatic heterocycles. The van der Waals surface area contributed by atoms with E-state index in [-0.39, 0.29) is 16.9 Å². The second-order valence-electron chi connectivity index (χ2n) is 17.9. The molecule has 8 bridgehead atoms. The lowest BCUT2D eigenvalue weighted by atomic mass is 9.46. The number of ether oxygens (including phenoxy) is 6. The summed E-state index contributed by atoms with van der Waals surface area (Å²) in [5.41, 5.74) is -0.653. The van der Waals surface area contributed by atoms with Gasteiger partial charge in [0.1, 0.15) is 11.3 Å². The summed E-state index contributed by atoms with van der Waals surface area (Å²) in [6.07, 6.45) is 0.906. The Kier molecular flexibility index (Phi) is 6.98. The first-order valence-electron chi connectivity index (χ1n) is 18.4. The molecule has 274 valence electrons. The van der Waals surface area contributed by atoms with Crippen LogP contribution in [0.1, 0.15) is 93.2 Å². The molecule has 12 atom stereocenters. The van der Waals surface area contributed by atoms with Gasteiger partial charge in [0.2, 0.25) is 0 Å². The normalized spacial score (nSPS) is 50.0. The zero-order valence-electron chi connectivity index (χ0n) is 31.7. The summed E-state index contributed by atoms with van der Waals surface area (Å²) in [7, 11) is -0.267. The van der Waals surface area contributed by atoms with Crippen molar-refractivity contribution in [1.29, 1.82) is 0 Å². The molecule has 8 aliphatic rings. The molecule has 8 saturated heterocycles. The van der Waals surface area contributed by atoms with E-state index in [1.807, 2.05) is 39.8 Å². The highest BCUT2D eigenvalue weighted by Gasteiger charge is 2.84. The third-order valence-corrected chi connectivity index (χ3v) is 17.0. The van der Waals surface area contributed by atoms with E-state index in [2.05, 4.69) is 102 Å². The van der Waals surface area contributed by atoms with Crippen molar-refractivity contribution in [3.05, 3.63) is 83.9 Å². The fourth-order valence-corrected chi connectivity index (χ4v) is 14.1. The Morgan fingerprint density at radius 3 is 1.17 bits per heavy atom. The standard InChI is InChI=1S/C42H48O8P2/c1-33-23-35(3)47-39(7,31(51-43)41(9,45-33)49-35)37(33,5)29-21-27(25-17-13-11-14-18-25)28(26-19-15-12-16-20-26)22-30(29)38(6)34(2)24-36(4)48-40(38,8)32(52-44)42(10,46-34)50-36/h11-22,31-32H,23-24H2,1-10H3. The number of hydrogen-bond acceptors (Lipinski definition) is 8. The topological polar surface area (TPSA) is 89.5 Å². The van der Waals surface area contributed by atoms with E-state index in [1.54, 1.807) is 0 Å². The second kappa shape index (κ2) is 10.3. The molecule has 3 aromatic rings. The van der Waals surface area contributed by atoms with Crippen molar-refractivity contribution in [1.82, 2.24) is 0 Å². The van der Waals surface area contributed by atoms with E-state index in [0.717, 1.165) is 33.4 Å². The minimum atomic E-state index is -1.15. The molecule has 11 rings (SSSR count). The Morgan fingerprint density at radius 1 is 0.500 bits per heavy atom. The SMILES string of the molecule is CC12CC3(C)OC(C)(O1)C(P=O)C(C)(O2)C3(C)c1cc(-c2ccccc2)c(-c2ccccc2)cc1C1(C)C2(C)CC3(C)OC(C)(O2)C(P=O)C1(C)O3. The van der Waals surface area contributed by atoms with Crippen molar-refractivity contribution in [2.24, 2.45) is 0 Å². The summed E-state index contributed by atoms with van der Waals surface area (Å²) in [5, 5.41) is 0. The van der Waals surface area contributed by atoms with E-state index in [4.69, 9.17) is 28.4 Å². The zero-order chi connectivity index (χ0) is 37.2. The van der Waals surface area contributed by atoms with Crippen LogP contribution in [0.3, 0.4) is 0 Å². The highest BCUT2D eigenvalue weighted by molar-refractivity contribution is 7.25. The Hall–Kier alpha value is -2.38. The predicted molar refractivity (Wildman–Crippen MR) is 198 cm³/mol. The summed E-state index contributed by atoms with van der Waals surface area (Å²) in [4.78, 5) is 0. The van der Waals surface area contributed by atoms with Gasteiger partial charge >= 0.3 is 0 Å². The fourth-order valence-electron chi connectivity index (χ4n) is 12.5. The van der Waals surface area contributed by atoms with E-state index in [1.165, 1.54) is 0 Å². The van der Waals surface area contributed by atoms with E-state index >= 15 is 0 Å². The molecule has 0 N–H and O–H groups in total. The van der Waals surface area contributed by atoms with Gasteiger partial charge in [-0.15, -0.1) is 0 Å². The Bertz CT molecular complexity index is 1910. The minimum absolute atomic E-state index is 0.134. The first kappa shape index (κ1) is 35.3. The summed E-state index contributed by atoms with van der Waals surface area (Å²) < 4.78 is 68.5. The fraction of sp³-hybridized carbons (Fsp3) is 0.571. The molecule has 8 nitrogen and oxygen atoms in total. The molecule has 10 heteroatoms. The van der Waals surface area contributed by atoms with Crippen molar-refractivity contribution in [2.45, 2.75) is 150 Å². The third kappa shape index (κ3) is 3.96. The molecule has 0 aliphatic carbocycles. The van der Waals surface area contributed by atoms with Gasteiger partial charge in [-0.1, -0.05) is 60.7 Å². The van der Waals surface area contributed by atoms with E-state index < -0.39 is 67.7 Å². The molecule has 0 spiro atoms. The Labute approximate surface area is 309 Å². The van der Waals surface area contributed by atoms with E-state index in [0.29, 0.717) is 12.8 Å². The summed E-state index contributed by atoms with van der Waals surface area (Å²) in [6.45, 7) is 20.7. The van der Waals surface area contributed by atoms with Crippen LogP contribution in [0.25, 0.3) is 22.3 Å². The molecule has 0 aromatic heterocycles. The lowest BCUT2D eigenvalue weighted by Crippen LogP contribution is -2.88. The highest BCUT2D eigenvalue weighted by atomic mass is 31.1. The number of rotatable bonds is 6. The molecular formula is C42H48O8P2. The van der Waals surface area contributed by atoms with Gasteiger partial charge in [-0.25, -0.2) is 0 Å².